The van der Waals surface area contributed by atoms with Gasteiger partial charge in [0, 0.05) is 24.7 Å². The van der Waals surface area contributed by atoms with Crippen LogP contribution in [0, 0.1) is 0 Å². The van der Waals surface area contributed by atoms with Crippen LogP contribution >= 0.6 is 11.6 Å². The van der Waals surface area contributed by atoms with Gasteiger partial charge in [-0.05, 0) is 36.4 Å². The summed E-state index contributed by atoms with van der Waals surface area (Å²) >= 11 is 6.39. The van der Waals surface area contributed by atoms with Gasteiger partial charge in [0.15, 0.2) is 23.0 Å². The normalized spacial score (nSPS) is 14.9. The molecule has 0 unspecified atom stereocenters. The summed E-state index contributed by atoms with van der Waals surface area (Å²) in [7, 11) is 0. The zero-order chi connectivity index (χ0) is 20.9. The predicted molar refractivity (Wildman–Crippen MR) is 114 cm³/mol. The molecule has 0 saturated heterocycles. The van der Waals surface area contributed by atoms with Gasteiger partial charge in [0.2, 0.25) is 5.91 Å². The highest BCUT2D eigenvalue weighted by Crippen LogP contribution is 2.38. The SMILES string of the molecule is CCN(CC(=O)Nc1ccc2c(c1)OCCO2)Cc1cc(Cl)c2c(c1)OCCCO2. The van der Waals surface area contributed by atoms with Crippen LogP contribution < -0.4 is 24.3 Å². The molecule has 0 saturated carbocycles. The maximum absolute atomic E-state index is 12.6. The number of halogens is 1. The number of likely N-dealkylation sites (N-methyl/N-ethyl adjacent to an activating group) is 1. The highest BCUT2D eigenvalue weighted by atomic mass is 35.5. The highest BCUT2D eigenvalue weighted by molar-refractivity contribution is 6.32. The maximum Gasteiger partial charge on any atom is 0.238 e. The minimum absolute atomic E-state index is 0.103. The molecule has 1 N–H and O–H groups in total. The molecule has 160 valence electrons. The van der Waals surface area contributed by atoms with E-state index in [0.717, 1.165) is 12.0 Å². The molecule has 0 fully saturated rings. The molecule has 2 aromatic rings. The average Bonchev–Trinajstić information content (AvgIpc) is 2.99. The van der Waals surface area contributed by atoms with Crippen molar-refractivity contribution in [3.8, 4) is 23.0 Å². The Bertz CT molecular complexity index is 921. The number of fused-ring (bicyclic) bond motifs is 2. The predicted octanol–water partition coefficient (Wildman–Crippen LogP) is 3.73. The molecule has 0 atom stereocenters. The van der Waals surface area contributed by atoms with E-state index in [2.05, 4.69) is 5.32 Å². The van der Waals surface area contributed by atoms with Crippen LogP contribution in [0.15, 0.2) is 30.3 Å². The van der Waals surface area contributed by atoms with Crippen LogP contribution in [0.5, 0.6) is 23.0 Å². The third kappa shape index (κ3) is 4.91. The lowest BCUT2D eigenvalue weighted by molar-refractivity contribution is -0.117. The van der Waals surface area contributed by atoms with Gasteiger partial charge in [-0.25, -0.2) is 0 Å². The Morgan fingerprint density at radius 3 is 2.60 bits per heavy atom. The summed E-state index contributed by atoms with van der Waals surface area (Å²) in [5, 5.41) is 3.45. The van der Waals surface area contributed by atoms with E-state index >= 15 is 0 Å². The lowest BCUT2D eigenvalue weighted by Gasteiger charge is -2.22. The number of carbonyl (C=O) groups excluding carboxylic acids is 1. The van der Waals surface area contributed by atoms with E-state index in [1.54, 1.807) is 12.1 Å². The van der Waals surface area contributed by atoms with Gasteiger partial charge in [0.25, 0.3) is 0 Å². The van der Waals surface area contributed by atoms with Gasteiger partial charge in [-0.3, -0.25) is 9.69 Å². The summed E-state index contributed by atoms with van der Waals surface area (Å²) in [6.07, 6.45) is 0.821. The molecule has 30 heavy (non-hydrogen) atoms. The van der Waals surface area contributed by atoms with E-state index in [1.165, 1.54) is 0 Å². The molecule has 0 bridgehead atoms. The number of carbonyl (C=O) groups is 1. The van der Waals surface area contributed by atoms with Gasteiger partial charge in [-0.15, -0.1) is 0 Å². The largest absolute Gasteiger partial charge is 0.489 e. The standard InChI is InChI=1S/C22H25ClN2O5/c1-2-25(13-15-10-17(23)22-20(11-15)27-6-3-7-30-22)14-21(26)24-16-4-5-18-19(12-16)29-9-8-28-18/h4-5,10-12H,2-3,6-9,13-14H2,1H3,(H,24,26). The summed E-state index contributed by atoms with van der Waals surface area (Å²) in [5.74, 6) is 2.49. The lowest BCUT2D eigenvalue weighted by atomic mass is 10.2. The van der Waals surface area contributed by atoms with Gasteiger partial charge in [0.1, 0.15) is 13.2 Å². The molecule has 0 aromatic heterocycles. The number of ether oxygens (including phenoxy) is 4. The molecule has 7 nitrogen and oxygen atoms in total. The van der Waals surface area contributed by atoms with Gasteiger partial charge in [-0.1, -0.05) is 18.5 Å². The second kappa shape index (κ2) is 9.45. The quantitative estimate of drug-likeness (QED) is 0.750. The summed E-state index contributed by atoms with van der Waals surface area (Å²) < 4.78 is 22.5. The Kier molecular flexibility index (Phi) is 6.50. The molecule has 0 spiro atoms. The van der Waals surface area contributed by atoms with Gasteiger partial charge in [0.05, 0.1) is 24.8 Å². The van der Waals surface area contributed by atoms with E-state index in [4.69, 9.17) is 30.5 Å². The Hall–Kier alpha value is -2.64. The van der Waals surface area contributed by atoms with Crippen LogP contribution in [0.3, 0.4) is 0 Å². The minimum atomic E-state index is -0.103. The fourth-order valence-electron chi connectivity index (χ4n) is 3.44. The lowest BCUT2D eigenvalue weighted by Crippen LogP contribution is -2.32. The molecule has 2 aliphatic heterocycles. The molecule has 0 radical (unpaired) electrons. The minimum Gasteiger partial charge on any atom is -0.489 e. The van der Waals surface area contributed by atoms with E-state index in [9.17, 15) is 4.79 Å². The highest BCUT2D eigenvalue weighted by Gasteiger charge is 2.18. The molecule has 2 aromatic carbocycles. The molecular weight excluding hydrogens is 408 g/mol. The number of hydrogen-bond donors (Lipinski definition) is 1. The number of hydrogen-bond acceptors (Lipinski definition) is 6. The van der Waals surface area contributed by atoms with Crippen molar-refractivity contribution in [1.82, 2.24) is 4.90 Å². The maximum atomic E-state index is 12.6. The van der Waals surface area contributed by atoms with Crippen LogP contribution in [0.25, 0.3) is 0 Å². The van der Waals surface area contributed by atoms with Gasteiger partial charge < -0.3 is 24.3 Å². The fourth-order valence-corrected chi connectivity index (χ4v) is 3.73. The van der Waals surface area contributed by atoms with Crippen LogP contribution in [-0.2, 0) is 11.3 Å². The van der Waals surface area contributed by atoms with Crippen molar-refractivity contribution in [2.45, 2.75) is 19.9 Å². The van der Waals surface area contributed by atoms with Gasteiger partial charge >= 0.3 is 0 Å². The number of nitrogens with one attached hydrogen (secondary N) is 1. The van der Waals surface area contributed by atoms with Crippen molar-refractivity contribution in [2.75, 3.05) is 44.8 Å². The number of benzene rings is 2. The number of nitrogens with zero attached hydrogens (tertiary/aromatic N) is 1. The van der Waals surface area contributed by atoms with Crippen LogP contribution in [0.1, 0.15) is 18.9 Å². The molecular formula is C22H25ClN2O5. The topological polar surface area (TPSA) is 69.3 Å². The third-order valence-corrected chi connectivity index (χ3v) is 5.19. The average molecular weight is 433 g/mol. The molecule has 1 amide bonds. The van der Waals surface area contributed by atoms with Crippen molar-refractivity contribution < 1.29 is 23.7 Å². The summed E-state index contributed by atoms with van der Waals surface area (Å²) in [6, 6.07) is 9.21. The molecule has 2 heterocycles. The first kappa shape index (κ1) is 20.6. The van der Waals surface area contributed by atoms with Crippen molar-refractivity contribution in [2.24, 2.45) is 0 Å². The van der Waals surface area contributed by atoms with Crippen molar-refractivity contribution >= 4 is 23.2 Å². The zero-order valence-corrected chi connectivity index (χ0v) is 17.7. The first-order chi connectivity index (χ1) is 14.6. The number of amides is 1. The Morgan fingerprint density at radius 1 is 1.00 bits per heavy atom. The first-order valence-electron chi connectivity index (χ1n) is 10.1. The van der Waals surface area contributed by atoms with Crippen LogP contribution in [0.4, 0.5) is 5.69 Å². The van der Waals surface area contributed by atoms with E-state index in [0.29, 0.717) is 73.2 Å². The molecule has 4 rings (SSSR count). The second-order valence-corrected chi connectivity index (χ2v) is 7.57. The van der Waals surface area contributed by atoms with E-state index in [-0.39, 0.29) is 12.5 Å². The van der Waals surface area contributed by atoms with Gasteiger partial charge in [-0.2, -0.15) is 0 Å². The smallest absolute Gasteiger partial charge is 0.238 e. The Balaban J connectivity index is 1.39. The first-order valence-corrected chi connectivity index (χ1v) is 10.5. The molecule has 8 heteroatoms. The van der Waals surface area contributed by atoms with Crippen molar-refractivity contribution in [1.29, 1.82) is 0 Å². The summed E-state index contributed by atoms with van der Waals surface area (Å²) in [4.78, 5) is 14.6. The van der Waals surface area contributed by atoms with Crippen LogP contribution in [-0.4, -0.2) is 50.3 Å². The van der Waals surface area contributed by atoms with Crippen molar-refractivity contribution in [3.63, 3.8) is 0 Å². The van der Waals surface area contributed by atoms with E-state index in [1.807, 2.05) is 30.0 Å². The zero-order valence-electron chi connectivity index (χ0n) is 16.9. The fraction of sp³-hybridized carbons (Fsp3) is 0.409. The third-order valence-electron chi connectivity index (χ3n) is 4.91. The van der Waals surface area contributed by atoms with E-state index < -0.39 is 0 Å². The number of anilines is 1. The Morgan fingerprint density at radius 2 is 1.77 bits per heavy atom. The molecule has 0 aliphatic carbocycles. The number of rotatable bonds is 6. The summed E-state index contributed by atoms with van der Waals surface area (Å²) in [6.45, 7) is 5.77. The second-order valence-electron chi connectivity index (χ2n) is 7.17. The van der Waals surface area contributed by atoms with Crippen LogP contribution in [0.2, 0.25) is 5.02 Å². The van der Waals surface area contributed by atoms with Crippen molar-refractivity contribution in [3.05, 3.63) is 40.9 Å². The summed E-state index contributed by atoms with van der Waals surface area (Å²) in [5.41, 5.74) is 1.65. The Labute approximate surface area is 180 Å². The monoisotopic (exact) mass is 432 g/mol. The molecule has 2 aliphatic rings.